The summed E-state index contributed by atoms with van der Waals surface area (Å²) in [5.74, 6) is -0.0875. The van der Waals surface area contributed by atoms with Crippen molar-refractivity contribution in [3.63, 3.8) is 0 Å². The monoisotopic (exact) mass is 192 g/mol. The molecule has 0 bridgehead atoms. The van der Waals surface area contributed by atoms with Gasteiger partial charge in [0, 0.05) is 12.5 Å². The van der Waals surface area contributed by atoms with Gasteiger partial charge in [0.25, 0.3) is 0 Å². The zero-order valence-electron chi connectivity index (χ0n) is 9.16. The summed E-state index contributed by atoms with van der Waals surface area (Å²) < 4.78 is 1.60. The molecule has 0 aliphatic heterocycles. The number of hydrogen-bond acceptors (Lipinski definition) is 2. The van der Waals surface area contributed by atoms with Crippen LogP contribution in [-0.4, -0.2) is 15.6 Å². The quantitative estimate of drug-likeness (QED) is 0.531. The maximum atomic E-state index is 11.4. The van der Waals surface area contributed by atoms with Gasteiger partial charge in [-0.3, -0.25) is 9.48 Å². The first-order valence-corrected chi connectivity index (χ1v) is 4.57. The first-order chi connectivity index (χ1) is 6.36. The highest BCUT2D eigenvalue weighted by molar-refractivity contribution is 6.02. The molecule has 0 radical (unpaired) electrons. The third-order valence-corrected chi connectivity index (χ3v) is 2.09. The van der Waals surface area contributed by atoms with Crippen molar-refractivity contribution in [1.29, 1.82) is 0 Å². The van der Waals surface area contributed by atoms with Crippen LogP contribution in [-0.2, 0) is 12.5 Å². The van der Waals surface area contributed by atoms with Crippen LogP contribution in [0.2, 0.25) is 0 Å². The van der Waals surface area contributed by atoms with E-state index in [1.807, 2.05) is 6.07 Å². The molecule has 0 aliphatic rings. The maximum absolute atomic E-state index is 11.4. The molecule has 0 aliphatic carbocycles. The number of allylic oxidation sites excluding steroid dienone is 1. The van der Waals surface area contributed by atoms with Gasteiger partial charge in [-0.05, 0) is 12.1 Å². The molecule has 0 N–H and O–H groups in total. The van der Waals surface area contributed by atoms with Gasteiger partial charge in [-0.15, -0.1) is 0 Å². The summed E-state index contributed by atoms with van der Waals surface area (Å²) in [6.45, 7) is 9.66. The Kier molecular flexibility index (Phi) is 2.60. The van der Waals surface area contributed by atoms with E-state index < -0.39 is 0 Å². The van der Waals surface area contributed by atoms with Crippen molar-refractivity contribution in [3.8, 4) is 0 Å². The molecule has 0 amide bonds. The molecule has 3 nitrogen and oxygen atoms in total. The van der Waals surface area contributed by atoms with Gasteiger partial charge in [0.15, 0.2) is 0 Å². The number of carbonyl (C=O) groups is 1. The molecule has 0 saturated carbocycles. The highest BCUT2D eigenvalue weighted by atomic mass is 16.1. The summed E-state index contributed by atoms with van der Waals surface area (Å²) in [4.78, 5) is 11.4. The lowest BCUT2D eigenvalue weighted by molar-refractivity contribution is 0.103. The predicted molar refractivity (Wildman–Crippen MR) is 56.4 cm³/mol. The third kappa shape index (κ3) is 1.92. The molecule has 0 spiro atoms. The minimum absolute atomic E-state index is 0.0303. The van der Waals surface area contributed by atoms with Gasteiger partial charge in [-0.25, -0.2) is 0 Å². The number of rotatable bonds is 2. The van der Waals surface area contributed by atoms with Crippen LogP contribution in [0.25, 0.3) is 0 Å². The van der Waals surface area contributed by atoms with Crippen LogP contribution in [0.4, 0.5) is 0 Å². The van der Waals surface area contributed by atoms with Crippen molar-refractivity contribution in [1.82, 2.24) is 9.78 Å². The average Bonchev–Trinajstić information content (AvgIpc) is 2.45. The molecule has 3 heteroatoms. The van der Waals surface area contributed by atoms with Crippen LogP contribution in [0.3, 0.4) is 0 Å². The average molecular weight is 192 g/mol. The Bertz CT molecular complexity index is 369. The van der Waals surface area contributed by atoms with E-state index in [1.165, 1.54) is 6.08 Å². The molecule has 0 atom stereocenters. The number of nitrogens with zero attached hydrogens (tertiary/aromatic N) is 2. The van der Waals surface area contributed by atoms with Crippen molar-refractivity contribution >= 4 is 5.78 Å². The molecule has 1 aromatic rings. The molecular weight excluding hydrogens is 176 g/mol. The minimum atomic E-state index is -0.0875. The van der Waals surface area contributed by atoms with E-state index in [4.69, 9.17) is 0 Å². The second-order valence-corrected chi connectivity index (χ2v) is 4.36. The van der Waals surface area contributed by atoms with Gasteiger partial charge < -0.3 is 0 Å². The second kappa shape index (κ2) is 3.40. The number of aryl methyl sites for hydroxylation is 1. The Hall–Kier alpha value is -1.38. The Morgan fingerprint density at radius 2 is 2.14 bits per heavy atom. The Morgan fingerprint density at radius 3 is 2.50 bits per heavy atom. The summed E-state index contributed by atoms with van der Waals surface area (Å²) in [5.41, 5.74) is 1.48. The van der Waals surface area contributed by atoms with Crippen molar-refractivity contribution in [2.24, 2.45) is 7.05 Å². The summed E-state index contributed by atoms with van der Waals surface area (Å²) in [6, 6.07) is 1.82. The molecular formula is C11H16N2O. The van der Waals surface area contributed by atoms with E-state index in [9.17, 15) is 4.79 Å². The SMILES string of the molecule is C=CC(=O)c1cc(C(C)(C)C)nn1C. The van der Waals surface area contributed by atoms with Crippen molar-refractivity contribution < 1.29 is 4.79 Å². The van der Waals surface area contributed by atoms with Gasteiger partial charge in [0.05, 0.1) is 5.69 Å². The topological polar surface area (TPSA) is 34.9 Å². The van der Waals surface area contributed by atoms with Crippen LogP contribution in [0.15, 0.2) is 18.7 Å². The fourth-order valence-electron chi connectivity index (χ4n) is 1.17. The minimum Gasteiger partial charge on any atom is -0.288 e. The first-order valence-electron chi connectivity index (χ1n) is 4.57. The Morgan fingerprint density at radius 1 is 1.57 bits per heavy atom. The number of carbonyl (C=O) groups excluding carboxylic acids is 1. The largest absolute Gasteiger partial charge is 0.288 e. The van der Waals surface area contributed by atoms with Crippen molar-refractivity contribution in [3.05, 3.63) is 30.1 Å². The fraction of sp³-hybridized carbons (Fsp3) is 0.455. The van der Waals surface area contributed by atoms with Gasteiger partial charge in [0.2, 0.25) is 5.78 Å². The van der Waals surface area contributed by atoms with Crippen LogP contribution in [0.1, 0.15) is 37.0 Å². The molecule has 0 unspecified atom stereocenters. The number of hydrogen-bond donors (Lipinski definition) is 0. The summed E-state index contributed by atoms with van der Waals surface area (Å²) in [5, 5.41) is 4.30. The lowest BCUT2D eigenvalue weighted by Gasteiger charge is -2.13. The number of aromatic nitrogens is 2. The first kappa shape index (κ1) is 10.7. The van der Waals surface area contributed by atoms with Gasteiger partial charge in [-0.1, -0.05) is 27.4 Å². The van der Waals surface area contributed by atoms with Crippen LogP contribution < -0.4 is 0 Å². The smallest absolute Gasteiger partial charge is 0.203 e. The van der Waals surface area contributed by atoms with Crippen LogP contribution in [0, 0.1) is 0 Å². The summed E-state index contributed by atoms with van der Waals surface area (Å²) >= 11 is 0. The van der Waals surface area contributed by atoms with E-state index in [1.54, 1.807) is 11.7 Å². The molecule has 0 saturated heterocycles. The van der Waals surface area contributed by atoms with Crippen LogP contribution >= 0.6 is 0 Å². The molecule has 0 fully saturated rings. The molecule has 76 valence electrons. The van der Waals surface area contributed by atoms with Crippen molar-refractivity contribution in [2.45, 2.75) is 26.2 Å². The number of ketones is 1. The normalized spacial score (nSPS) is 11.4. The predicted octanol–water partition coefficient (Wildman–Crippen LogP) is 2.09. The summed E-state index contributed by atoms with van der Waals surface area (Å²) in [6.07, 6.45) is 1.31. The fourth-order valence-corrected chi connectivity index (χ4v) is 1.17. The van der Waals surface area contributed by atoms with Gasteiger partial charge in [-0.2, -0.15) is 5.10 Å². The van der Waals surface area contributed by atoms with E-state index in [0.29, 0.717) is 5.69 Å². The maximum Gasteiger partial charge on any atom is 0.203 e. The molecule has 1 aromatic heterocycles. The Labute approximate surface area is 84.4 Å². The third-order valence-electron chi connectivity index (χ3n) is 2.09. The lowest BCUT2D eigenvalue weighted by Crippen LogP contribution is -2.12. The lowest BCUT2D eigenvalue weighted by atomic mass is 9.92. The highest BCUT2D eigenvalue weighted by Crippen LogP contribution is 2.21. The molecule has 14 heavy (non-hydrogen) atoms. The Balaban J connectivity index is 3.18. The molecule has 1 heterocycles. The highest BCUT2D eigenvalue weighted by Gasteiger charge is 2.20. The van der Waals surface area contributed by atoms with Gasteiger partial charge in [0.1, 0.15) is 5.69 Å². The standard InChI is InChI=1S/C11H16N2O/c1-6-9(14)8-7-10(11(2,3)4)12-13(8)5/h6-7H,1H2,2-5H3. The van der Waals surface area contributed by atoms with E-state index in [0.717, 1.165) is 5.69 Å². The van der Waals surface area contributed by atoms with Gasteiger partial charge >= 0.3 is 0 Å². The molecule has 1 rings (SSSR count). The van der Waals surface area contributed by atoms with E-state index in [2.05, 4.69) is 32.4 Å². The zero-order valence-corrected chi connectivity index (χ0v) is 9.16. The van der Waals surface area contributed by atoms with E-state index in [-0.39, 0.29) is 11.2 Å². The zero-order chi connectivity index (χ0) is 10.9. The summed E-state index contributed by atoms with van der Waals surface area (Å²) in [7, 11) is 1.77. The molecule has 0 aromatic carbocycles. The van der Waals surface area contributed by atoms with Crippen molar-refractivity contribution in [2.75, 3.05) is 0 Å². The van der Waals surface area contributed by atoms with E-state index >= 15 is 0 Å². The second-order valence-electron chi connectivity index (χ2n) is 4.36. The van der Waals surface area contributed by atoms with Crippen LogP contribution in [0.5, 0.6) is 0 Å².